The number of Topliss-reactive ketones (excluding diaryl/α,β-unsaturated/α-hetero) is 1. The zero-order valence-electron chi connectivity index (χ0n) is 17.0. The van der Waals surface area contributed by atoms with Gasteiger partial charge in [0.15, 0.2) is 0 Å². The van der Waals surface area contributed by atoms with Gasteiger partial charge in [-0.15, -0.1) is 0 Å². The van der Waals surface area contributed by atoms with Crippen molar-refractivity contribution in [2.75, 3.05) is 13.2 Å². The Morgan fingerprint density at radius 1 is 1.21 bits per heavy atom. The minimum atomic E-state index is -1.19. The van der Waals surface area contributed by atoms with Gasteiger partial charge in [0.05, 0.1) is 17.3 Å². The Morgan fingerprint density at radius 3 is 2.68 bits per heavy atom. The number of benzene rings is 1. The van der Waals surface area contributed by atoms with Gasteiger partial charge in [0.1, 0.15) is 6.73 Å². The van der Waals surface area contributed by atoms with Gasteiger partial charge in [0, 0.05) is 26.6 Å². The number of amides is 1. The Kier molecular flexibility index (Phi) is 6.25. The average Bonchev–Trinajstić information content (AvgIpc) is 3.02. The molecular formula is C21H30N2O4Si. The lowest BCUT2D eigenvalue weighted by Crippen LogP contribution is -2.47. The van der Waals surface area contributed by atoms with E-state index in [2.05, 4.69) is 19.6 Å². The fourth-order valence-corrected chi connectivity index (χ4v) is 4.45. The number of carbonyl (C=O) groups excluding carboxylic acids is 1. The Hall–Kier alpha value is -2.12. The van der Waals surface area contributed by atoms with Crippen LogP contribution in [-0.2, 0) is 11.5 Å². The number of nitrogens with zero attached hydrogens (tertiary/aromatic N) is 2. The number of para-hydroxylation sites is 1. The number of hydrogen-bond acceptors (Lipinski definition) is 3. The Labute approximate surface area is 167 Å². The van der Waals surface area contributed by atoms with Gasteiger partial charge in [0.25, 0.3) is 0 Å². The highest BCUT2D eigenvalue weighted by molar-refractivity contribution is 6.76. The summed E-state index contributed by atoms with van der Waals surface area (Å²) < 4.78 is 7.83. The van der Waals surface area contributed by atoms with Crippen LogP contribution in [0.25, 0.3) is 10.9 Å². The number of hydrogen-bond donors (Lipinski definition) is 1. The Balaban J connectivity index is 1.87. The molecule has 1 unspecified atom stereocenters. The van der Waals surface area contributed by atoms with Crippen molar-refractivity contribution in [1.82, 2.24) is 9.47 Å². The third-order valence-corrected chi connectivity index (χ3v) is 7.04. The summed E-state index contributed by atoms with van der Waals surface area (Å²) in [5, 5.41) is 10.5. The number of piperidine rings is 1. The molecule has 2 aromatic rings. The molecule has 6 nitrogen and oxygen atoms in total. The third-order valence-electron chi connectivity index (χ3n) is 5.33. The van der Waals surface area contributed by atoms with Crippen LogP contribution in [0.3, 0.4) is 0 Å². The van der Waals surface area contributed by atoms with Crippen LogP contribution in [0.5, 0.6) is 0 Å². The molecule has 1 aliphatic heterocycles. The molecule has 0 radical (unpaired) electrons. The normalized spacial score (nSPS) is 17.8. The quantitative estimate of drug-likeness (QED) is 0.415. The molecule has 1 N–H and O–H groups in total. The van der Waals surface area contributed by atoms with Gasteiger partial charge in [-0.3, -0.25) is 9.69 Å². The zero-order valence-corrected chi connectivity index (χ0v) is 18.0. The van der Waals surface area contributed by atoms with E-state index in [1.807, 2.05) is 34.9 Å². The lowest BCUT2D eigenvalue weighted by Gasteiger charge is -2.32. The van der Waals surface area contributed by atoms with Crippen LogP contribution < -0.4 is 0 Å². The summed E-state index contributed by atoms with van der Waals surface area (Å²) in [5.74, 6) is -0.132. The molecule has 3 rings (SSSR count). The van der Waals surface area contributed by atoms with Gasteiger partial charge in [-0.25, -0.2) is 4.79 Å². The third kappa shape index (κ3) is 4.64. The van der Waals surface area contributed by atoms with Crippen molar-refractivity contribution in [2.45, 2.75) is 57.7 Å². The molecule has 0 aliphatic carbocycles. The number of rotatable bonds is 7. The molecule has 1 fully saturated rings. The molecule has 28 heavy (non-hydrogen) atoms. The summed E-state index contributed by atoms with van der Waals surface area (Å²) in [6, 6.07) is 10.1. The van der Waals surface area contributed by atoms with Crippen molar-refractivity contribution >= 4 is 30.9 Å². The van der Waals surface area contributed by atoms with Crippen molar-refractivity contribution in [3.63, 3.8) is 0 Å². The van der Waals surface area contributed by atoms with Crippen LogP contribution >= 0.6 is 0 Å². The van der Waals surface area contributed by atoms with Crippen LogP contribution in [0.1, 0.15) is 29.8 Å². The average molecular weight is 403 g/mol. The fraction of sp³-hybridized carbons (Fsp3) is 0.524. The van der Waals surface area contributed by atoms with E-state index in [1.165, 1.54) is 4.90 Å². The molecule has 1 aromatic carbocycles. The predicted molar refractivity (Wildman–Crippen MR) is 113 cm³/mol. The molecule has 1 saturated heterocycles. The highest BCUT2D eigenvalue weighted by Gasteiger charge is 2.34. The molecule has 1 atom stereocenters. The van der Waals surface area contributed by atoms with Crippen molar-refractivity contribution in [3.05, 3.63) is 36.0 Å². The van der Waals surface area contributed by atoms with Crippen LogP contribution in [0.2, 0.25) is 25.7 Å². The summed E-state index contributed by atoms with van der Waals surface area (Å²) in [5.41, 5.74) is 1.48. The predicted octanol–water partition coefficient (Wildman–Crippen LogP) is 4.67. The summed E-state index contributed by atoms with van der Waals surface area (Å²) in [4.78, 5) is 26.2. The van der Waals surface area contributed by atoms with Crippen molar-refractivity contribution in [1.29, 1.82) is 0 Å². The van der Waals surface area contributed by atoms with Gasteiger partial charge >= 0.3 is 6.09 Å². The van der Waals surface area contributed by atoms with Crippen LogP contribution in [0.15, 0.2) is 30.3 Å². The maximum Gasteiger partial charge on any atom is 0.407 e. The molecule has 0 spiro atoms. The maximum absolute atomic E-state index is 13.3. The van der Waals surface area contributed by atoms with Crippen molar-refractivity contribution < 1.29 is 19.4 Å². The van der Waals surface area contributed by atoms with Crippen LogP contribution in [0, 0.1) is 0 Å². The highest BCUT2D eigenvalue weighted by Crippen LogP contribution is 2.26. The molecule has 1 amide bonds. The van der Waals surface area contributed by atoms with Gasteiger partial charge in [-0.2, -0.15) is 0 Å². The van der Waals surface area contributed by atoms with E-state index in [0.717, 1.165) is 29.8 Å². The minimum absolute atomic E-state index is 0.132. The SMILES string of the molecule is C[Si](C)(C)CCOCn1c(C(=O)C2CCCCN2C(=O)O)cc2ccccc21. The number of carbonyl (C=O) groups is 2. The molecule has 7 heteroatoms. The fourth-order valence-electron chi connectivity index (χ4n) is 3.69. The first-order valence-electron chi connectivity index (χ1n) is 9.98. The van der Waals surface area contributed by atoms with E-state index >= 15 is 0 Å². The smallest absolute Gasteiger partial charge is 0.407 e. The minimum Gasteiger partial charge on any atom is -0.465 e. The number of aromatic nitrogens is 1. The monoisotopic (exact) mass is 402 g/mol. The van der Waals surface area contributed by atoms with Crippen molar-refractivity contribution in [2.24, 2.45) is 0 Å². The van der Waals surface area contributed by atoms with Crippen molar-refractivity contribution in [3.8, 4) is 0 Å². The first kappa shape index (κ1) is 20.6. The molecular weight excluding hydrogens is 372 g/mol. The van der Waals surface area contributed by atoms with Gasteiger partial charge in [-0.05, 0) is 37.4 Å². The van der Waals surface area contributed by atoms with E-state index in [0.29, 0.717) is 32.0 Å². The summed E-state index contributed by atoms with van der Waals surface area (Å²) >= 11 is 0. The van der Waals surface area contributed by atoms with E-state index in [9.17, 15) is 14.7 Å². The summed E-state index contributed by atoms with van der Waals surface area (Å²) in [6.45, 7) is 8.30. The maximum atomic E-state index is 13.3. The second-order valence-corrected chi connectivity index (χ2v) is 14.3. The number of ether oxygens (including phenoxy) is 1. The second kappa shape index (κ2) is 8.49. The first-order valence-corrected chi connectivity index (χ1v) is 13.7. The second-order valence-electron chi connectivity index (χ2n) is 8.72. The first-order chi connectivity index (χ1) is 13.3. The van der Waals surface area contributed by atoms with Crippen LogP contribution in [0.4, 0.5) is 4.79 Å². The number of fused-ring (bicyclic) bond motifs is 1. The molecule has 0 saturated carbocycles. The molecule has 1 aliphatic rings. The molecule has 1 aromatic heterocycles. The zero-order chi connectivity index (χ0) is 20.3. The molecule has 2 heterocycles. The lowest BCUT2D eigenvalue weighted by molar-refractivity contribution is 0.0662. The Bertz CT molecular complexity index is 856. The van der Waals surface area contributed by atoms with Gasteiger partial charge in [0.2, 0.25) is 5.78 Å². The van der Waals surface area contributed by atoms with Gasteiger partial charge < -0.3 is 14.4 Å². The molecule has 152 valence electrons. The Morgan fingerprint density at radius 2 is 1.96 bits per heavy atom. The topological polar surface area (TPSA) is 71.8 Å². The largest absolute Gasteiger partial charge is 0.465 e. The van der Waals surface area contributed by atoms with Crippen LogP contribution in [-0.4, -0.2) is 53.7 Å². The molecule has 0 bridgehead atoms. The van der Waals surface area contributed by atoms with E-state index in [1.54, 1.807) is 0 Å². The van der Waals surface area contributed by atoms with E-state index in [4.69, 9.17) is 4.74 Å². The highest BCUT2D eigenvalue weighted by atomic mass is 28.3. The van der Waals surface area contributed by atoms with E-state index < -0.39 is 20.2 Å². The number of ketones is 1. The number of carboxylic acid groups (broad SMARTS) is 1. The summed E-state index contributed by atoms with van der Waals surface area (Å²) in [6.07, 6.45) is 1.22. The summed E-state index contributed by atoms with van der Waals surface area (Å²) in [7, 11) is -1.19. The van der Waals surface area contributed by atoms with Gasteiger partial charge in [-0.1, -0.05) is 37.8 Å². The standard InChI is InChI=1S/C21H30N2O4Si/c1-28(2,3)13-12-27-15-23-17-9-5-4-8-16(17)14-19(23)20(24)18-10-6-7-11-22(18)21(25)26/h4-5,8-9,14,18H,6-7,10-13,15H2,1-3H3,(H,25,26). The van der Waals surface area contributed by atoms with E-state index in [-0.39, 0.29) is 5.78 Å². The lowest BCUT2D eigenvalue weighted by atomic mass is 9.97. The number of likely N-dealkylation sites (tertiary alicyclic amines) is 1.